The molecule has 2 saturated carbocycles. The second kappa shape index (κ2) is 7.01. The van der Waals surface area contributed by atoms with Gasteiger partial charge in [0, 0.05) is 5.92 Å². The van der Waals surface area contributed by atoms with Crippen molar-refractivity contribution in [3.05, 3.63) is 35.1 Å². The van der Waals surface area contributed by atoms with E-state index >= 15 is 0 Å². The molecule has 4 unspecified atom stereocenters. The highest BCUT2D eigenvalue weighted by atomic mass is 19.2. The fraction of sp³-hybridized carbons (Fsp3) is 0.684. The maximum Gasteiger partial charge on any atom is 0.194 e. The van der Waals surface area contributed by atoms with Crippen LogP contribution < -0.4 is 0 Å². The SMILES string of the molecule is CCCC1CC2CC(F)C(c3cc(F)c(F)c(F)c3)C(F)CC2C1. The highest BCUT2D eigenvalue weighted by Crippen LogP contribution is 2.50. The molecule has 3 rings (SSSR count). The van der Waals surface area contributed by atoms with Crippen molar-refractivity contribution in [2.75, 3.05) is 0 Å². The molecule has 0 radical (unpaired) electrons. The number of benzene rings is 1. The van der Waals surface area contributed by atoms with E-state index in [0.29, 0.717) is 5.92 Å². The molecular formula is C19H23F5. The van der Waals surface area contributed by atoms with Crippen molar-refractivity contribution in [3.8, 4) is 0 Å². The van der Waals surface area contributed by atoms with Gasteiger partial charge in [-0.3, -0.25) is 0 Å². The van der Waals surface area contributed by atoms with Gasteiger partial charge in [-0.05, 0) is 61.1 Å². The molecule has 24 heavy (non-hydrogen) atoms. The Hall–Kier alpha value is -1.13. The van der Waals surface area contributed by atoms with E-state index in [1.165, 1.54) is 0 Å². The van der Waals surface area contributed by atoms with Gasteiger partial charge in [0.2, 0.25) is 0 Å². The third kappa shape index (κ3) is 3.31. The van der Waals surface area contributed by atoms with Crippen LogP contribution in [0.4, 0.5) is 22.0 Å². The van der Waals surface area contributed by atoms with Crippen LogP contribution in [0.1, 0.15) is 56.9 Å². The van der Waals surface area contributed by atoms with E-state index in [1.807, 2.05) is 0 Å². The van der Waals surface area contributed by atoms with Gasteiger partial charge in [0.15, 0.2) is 17.5 Å². The summed E-state index contributed by atoms with van der Waals surface area (Å²) in [5.74, 6) is -4.80. The van der Waals surface area contributed by atoms with Crippen molar-refractivity contribution in [1.82, 2.24) is 0 Å². The van der Waals surface area contributed by atoms with E-state index in [-0.39, 0.29) is 30.2 Å². The van der Waals surface area contributed by atoms with Gasteiger partial charge in [0.1, 0.15) is 12.3 Å². The Kier molecular flexibility index (Phi) is 5.16. The number of fused-ring (bicyclic) bond motifs is 1. The molecule has 1 aromatic carbocycles. The number of rotatable bonds is 3. The lowest BCUT2D eigenvalue weighted by molar-refractivity contribution is 0.172. The first-order valence-corrected chi connectivity index (χ1v) is 8.83. The first kappa shape index (κ1) is 17.7. The van der Waals surface area contributed by atoms with Crippen LogP contribution in [0.2, 0.25) is 0 Å². The van der Waals surface area contributed by atoms with E-state index in [4.69, 9.17) is 0 Å². The Morgan fingerprint density at radius 3 is 1.83 bits per heavy atom. The Balaban J connectivity index is 1.82. The summed E-state index contributed by atoms with van der Waals surface area (Å²) < 4.78 is 69.6. The quantitative estimate of drug-likeness (QED) is 0.458. The van der Waals surface area contributed by atoms with Crippen LogP contribution in [0, 0.1) is 35.2 Å². The lowest BCUT2D eigenvalue weighted by Gasteiger charge is -2.24. The van der Waals surface area contributed by atoms with Gasteiger partial charge in [-0.15, -0.1) is 0 Å². The molecule has 0 spiro atoms. The minimum atomic E-state index is -1.60. The molecule has 2 aliphatic rings. The third-order valence-electron chi connectivity index (χ3n) is 5.86. The van der Waals surface area contributed by atoms with Crippen LogP contribution >= 0.6 is 0 Å². The number of hydrogen-bond donors (Lipinski definition) is 0. The average Bonchev–Trinajstić information content (AvgIpc) is 2.81. The van der Waals surface area contributed by atoms with Crippen LogP contribution in [-0.4, -0.2) is 12.3 Å². The van der Waals surface area contributed by atoms with E-state index < -0.39 is 35.7 Å². The maximum atomic E-state index is 14.8. The molecule has 0 amide bonds. The highest BCUT2D eigenvalue weighted by Gasteiger charge is 2.45. The summed E-state index contributed by atoms with van der Waals surface area (Å²) >= 11 is 0. The second-order valence-corrected chi connectivity index (χ2v) is 7.47. The summed E-state index contributed by atoms with van der Waals surface area (Å²) in [5.41, 5.74) is -0.114. The Morgan fingerprint density at radius 2 is 1.38 bits per heavy atom. The smallest absolute Gasteiger partial charge is 0.194 e. The van der Waals surface area contributed by atoms with Crippen LogP contribution in [0.3, 0.4) is 0 Å². The normalized spacial score (nSPS) is 36.4. The minimum Gasteiger partial charge on any atom is -0.247 e. The summed E-state index contributed by atoms with van der Waals surface area (Å²) in [6.07, 6.45) is 1.40. The van der Waals surface area contributed by atoms with E-state index in [1.54, 1.807) is 0 Å². The zero-order valence-corrected chi connectivity index (χ0v) is 13.8. The zero-order chi connectivity index (χ0) is 17.4. The van der Waals surface area contributed by atoms with Crippen molar-refractivity contribution in [2.24, 2.45) is 17.8 Å². The number of halogens is 5. The van der Waals surface area contributed by atoms with E-state index in [0.717, 1.165) is 37.8 Å². The van der Waals surface area contributed by atoms with Gasteiger partial charge < -0.3 is 0 Å². The first-order chi connectivity index (χ1) is 11.4. The lowest BCUT2D eigenvalue weighted by Crippen LogP contribution is -2.24. The van der Waals surface area contributed by atoms with Gasteiger partial charge in [-0.2, -0.15) is 0 Å². The predicted molar refractivity (Wildman–Crippen MR) is 82.7 cm³/mol. The Bertz CT molecular complexity index is 544. The molecule has 2 fully saturated rings. The molecule has 5 heteroatoms. The largest absolute Gasteiger partial charge is 0.247 e. The molecule has 0 nitrogen and oxygen atoms in total. The van der Waals surface area contributed by atoms with Crippen LogP contribution in [0.15, 0.2) is 12.1 Å². The van der Waals surface area contributed by atoms with Gasteiger partial charge >= 0.3 is 0 Å². The molecule has 2 aliphatic carbocycles. The standard InChI is InChI=1S/C19H23F5/c1-2-3-10-4-11-6-14(20)18(15(21)7-12(11)5-10)13-8-16(22)19(24)17(23)9-13/h8-12,14-15,18H,2-7H2,1H3. The molecule has 0 saturated heterocycles. The minimum absolute atomic E-state index is 0.114. The molecule has 0 aromatic heterocycles. The van der Waals surface area contributed by atoms with Gasteiger partial charge in [-0.25, -0.2) is 22.0 Å². The fourth-order valence-corrected chi connectivity index (χ4v) is 4.84. The third-order valence-corrected chi connectivity index (χ3v) is 5.86. The van der Waals surface area contributed by atoms with Gasteiger partial charge in [0.05, 0.1) is 0 Å². The topological polar surface area (TPSA) is 0 Å². The summed E-state index contributed by atoms with van der Waals surface area (Å²) in [4.78, 5) is 0. The van der Waals surface area contributed by atoms with Crippen molar-refractivity contribution in [1.29, 1.82) is 0 Å². The second-order valence-electron chi connectivity index (χ2n) is 7.47. The van der Waals surface area contributed by atoms with Crippen LogP contribution in [0.25, 0.3) is 0 Å². The van der Waals surface area contributed by atoms with Crippen molar-refractivity contribution in [2.45, 2.75) is 63.7 Å². The van der Waals surface area contributed by atoms with Crippen molar-refractivity contribution < 1.29 is 22.0 Å². The first-order valence-electron chi connectivity index (χ1n) is 8.83. The molecule has 0 heterocycles. The van der Waals surface area contributed by atoms with Crippen molar-refractivity contribution >= 4 is 0 Å². The molecule has 134 valence electrons. The summed E-state index contributed by atoms with van der Waals surface area (Å²) in [5, 5.41) is 0. The van der Waals surface area contributed by atoms with Gasteiger partial charge in [0.25, 0.3) is 0 Å². The van der Waals surface area contributed by atoms with Crippen LogP contribution in [0.5, 0.6) is 0 Å². The summed E-state index contributed by atoms with van der Waals surface area (Å²) in [7, 11) is 0. The molecule has 0 aliphatic heterocycles. The molecule has 0 bridgehead atoms. The number of alkyl halides is 2. The zero-order valence-electron chi connectivity index (χ0n) is 13.8. The maximum absolute atomic E-state index is 14.8. The fourth-order valence-electron chi connectivity index (χ4n) is 4.84. The predicted octanol–water partition coefficient (Wildman–Crippen LogP) is 6.10. The Morgan fingerprint density at radius 1 is 0.875 bits per heavy atom. The molecule has 4 atom stereocenters. The highest BCUT2D eigenvalue weighted by molar-refractivity contribution is 5.26. The molecule has 0 N–H and O–H groups in total. The lowest BCUT2D eigenvalue weighted by atomic mass is 9.86. The summed E-state index contributed by atoms with van der Waals surface area (Å²) in [6.45, 7) is 2.11. The molecular weight excluding hydrogens is 323 g/mol. The van der Waals surface area contributed by atoms with Crippen LogP contribution in [-0.2, 0) is 0 Å². The van der Waals surface area contributed by atoms with Gasteiger partial charge in [-0.1, -0.05) is 19.8 Å². The Labute approximate surface area is 139 Å². The summed E-state index contributed by atoms with van der Waals surface area (Å²) in [6, 6.07) is 1.48. The number of hydrogen-bond acceptors (Lipinski definition) is 0. The monoisotopic (exact) mass is 346 g/mol. The van der Waals surface area contributed by atoms with E-state index in [2.05, 4.69) is 6.92 Å². The van der Waals surface area contributed by atoms with Crippen molar-refractivity contribution in [3.63, 3.8) is 0 Å². The molecule has 1 aromatic rings. The average molecular weight is 346 g/mol. The van der Waals surface area contributed by atoms with E-state index in [9.17, 15) is 22.0 Å².